The summed E-state index contributed by atoms with van der Waals surface area (Å²) in [5.74, 6) is -0.298. The lowest BCUT2D eigenvalue weighted by Crippen LogP contribution is -2.15. The molecule has 3 heteroatoms. The molecule has 0 saturated heterocycles. The molecule has 0 saturated carbocycles. The van der Waals surface area contributed by atoms with Crippen molar-refractivity contribution in [1.29, 1.82) is 0 Å². The van der Waals surface area contributed by atoms with Gasteiger partial charge in [-0.15, -0.1) is 0 Å². The summed E-state index contributed by atoms with van der Waals surface area (Å²) in [5.41, 5.74) is 1.16. The predicted molar refractivity (Wildman–Crippen MR) is 50.7 cm³/mol. The van der Waals surface area contributed by atoms with Gasteiger partial charge in [0.1, 0.15) is 7.85 Å². The van der Waals surface area contributed by atoms with Crippen LogP contribution in [0.5, 0.6) is 0 Å². The van der Waals surface area contributed by atoms with Crippen LogP contribution in [0.15, 0.2) is 22.9 Å². The Morgan fingerprint density at radius 3 is 2.17 bits per heavy atom. The first-order chi connectivity index (χ1) is 5.42. The van der Waals surface area contributed by atoms with Gasteiger partial charge in [0.2, 0.25) is 5.78 Å². The predicted octanol–water partition coefficient (Wildman–Crippen LogP) is 0.944. The van der Waals surface area contributed by atoms with Crippen LogP contribution in [0.1, 0.15) is 20.8 Å². The minimum atomic E-state index is -0.296. The lowest BCUT2D eigenvalue weighted by molar-refractivity contribution is -0.114. The number of aliphatic hydroxyl groups is 1. The van der Waals surface area contributed by atoms with Crippen LogP contribution in [0.2, 0.25) is 0 Å². The molecule has 64 valence electrons. The number of hydrogen-bond acceptors (Lipinski definition) is 2. The molecule has 0 heterocycles. The van der Waals surface area contributed by atoms with Crippen molar-refractivity contribution < 1.29 is 9.90 Å². The van der Waals surface area contributed by atoms with Gasteiger partial charge in [-0.05, 0) is 6.92 Å². The lowest BCUT2D eigenvalue weighted by atomic mass is 9.72. The number of allylic oxidation sites excluding steroid dienone is 3. The van der Waals surface area contributed by atoms with Crippen molar-refractivity contribution in [2.24, 2.45) is 5.41 Å². The molecule has 0 fully saturated rings. The molecule has 0 unspecified atom stereocenters. The molecule has 0 aromatic heterocycles. The molecule has 0 amide bonds. The minimum Gasteiger partial charge on any atom is -0.505 e. The maximum Gasteiger partial charge on any atom is 0.222 e. The molecule has 1 aliphatic rings. The van der Waals surface area contributed by atoms with Gasteiger partial charge in [-0.3, -0.25) is 4.79 Å². The van der Waals surface area contributed by atoms with Gasteiger partial charge >= 0.3 is 0 Å². The molecule has 2 nitrogen and oxygen atoms in total. The second-order valence-corrected chi connectivity index (χ2v) is 3.63. The number of aliphatic hydroxyl groups excluding tert-OH is 1. The van der Waals surface area contributed by atoms with Gasteiger partial charge in [0.25, 0.3) is 0 Å². The molecule has 1 rings (SSSR count). The zero-order chi connectivity index (χ0) is 9.52. The number of carbonyl (C=O) groups is 1. The van der Waals surface area contributed by atoms with Gasteiger partial charge in [0.05, 0.1) is 0 Å². The van der Waals surface area contributed by atoms with Crippen molar-refractivity contribution in [3.8, 4) is 0 Å². The van der Waals surface area contributed by atoms with Crippen LogP contribution in [0.4, 0.5) is 0 Å². The van der Waals surface area contributed by atoms with Crippen molar-refractivity contribution in [2.45, 2.75) is 20.8 Å². The summed E-state index contributed by atoms with van der Waals surface area (Å²) in [6.45, 7) is 5.71. The zero-order valence-corrected chi connectivity index (χ0v) is 7.93. The van der Waals surface area contributed by atoms with Crippen molar-refractivity contribution >= 4 is 13.6 Å². The highest BCUT2D eigenvalue weighted by Gasteiger charge is 2.40. The summed E-state index contributed by atoms with van der Waals surface area (Å²) in [6.07, 6.45) is 1.77. The Balaban J connectivity index is 3.31. The second-order valence-electron chi connectivity index (χ2n) is 3.63. The standard InChI is InChI=1S/C9H13BO2/c1-4-5-6(11)7(12)8(10)9(5,2)3/h4,12H,10H2,1-3H3/b5-4+. The molecule has 0 bridgehead atoms. The quantitative estimate of drug-likeness (QED) is 0.427. The molecule has 0 aromatic carbocycles. The number of hydrogen-bond donors (Lipinski definition) is 1. The second kappa shape index (κ2) is 2.51. The molecular weight excluding hydrogens is 151 g/mol. The van der Waals surface area contributed by atoms with E-state index in [4.69, 9.17) is 0 Å². The first-order valence-electron chi connectivity index (χ1n) is 4.04. The van der Waals surface area contributed by atoms with E-state index in [9.17, 15) is 9.90 Å². The Morgan fingerprint density at radius 1 is 1.50 bits per heavy atom. The Labute approximate surface area is 73.4 Å². The SMILES string of the molecule is BC1=C(O)C(=O)/C(=C\C)C1(C)C. The summed E-state index contributed by atoms with van der Waals surface area (Å²) in [5, 5.41) is 9.39. The van der Waals surface area contributed by atoms with E-state index in [1.165, 1.54) is 0 Å². The van der Waals surface area contributed by atoms with E-state index in [0.29, 0.717) is 5.57 Å². The van der Waals surface area contributed by atoms with E-state index in [-0.39, 0.29) is 17.0 Å². The number of carbonyl (C=O) groups excluding carboxylic acids is 1. The highest BCUT2D eigenvalue weighted by atomic mass is 16.3. The third kappa shape index (κ3) is 0.925. The average Bonchev–Trinajstić information content (AvgIpc) is 2.13. The molecule has 0 aliphatic heterocycles. The summed E-state index contributed by atoms with van der Waals surface area (Å²) in [7, 11) is 1.80. The summed E-state index contributed by atoms with van der Waals surface area (Å²) < 4.78 is 0. The van der Waals surface area contributed by atoms with Crippen LogP contribution >= 0.6 is 0 Å². The smallest absolute Gasteiger partial charge is 0.222 e. The fourth-order valence-corrected chi connectivity index (χ4v) is 1.57. The molecule has 12 heavy (non-hydrogen) atoms. The average molecular weight is 164 g/mol. The fourth-order valence-electron chi connectivity index (χ4n) is 1.57. The van der Waals surface area contributed by atoms with Crippen LogP contribution < -0.4 is 0 Å². The Hall–Kier alpha value is -0.985. The maximum absolute atomic E-state index is 11.4. The summed E-state index contributed by atoms with van der Waals surface area (Å²) in [6, 6.07) is 0. The van der Waals surface area contributed by atoms with Gasteiger partial charge in [-0.1, -0.05) is 25.4 Å². The molecule has 0 radical (unpaired) electrons. The van der Waals surface area contributed by atoms with Crippen LogP contribution in [0, 0.1) is 5.41 Å². The van der Waals surface area contributed by atoms with Crippen LogP contribution in [0.3, 0.4) is 0 Å². The van der Waals surface area contributed by atoms with Gasteiger partial charge < -0.3 is 5.11 Å². The number of ketones is 1. The van der Waals surface area contributed by atoms with Crippen molar-refractivity contribution in [2.75, 3.05) is 0 Å². The maximum atomic E-state index is 11.4. The highest BCUT2D eigenvalue weighted by molar-refractivity contribution is 6.30. The van der Waals surface area contributed by atoms with Crippen molar-refractivity contribution in [3.63, 3.8) is 0 Å². The first kappa shape index (κ1) is 9.11. The largest absolute Gasteiger partial charge is 0.505 e. The Bertz CT molecular complexity index is 298. The van der Waals surface area contributed by atoms with Crippen molar-refractivity contribution in [3.05, 3.63) is 22.9 Å². The summed E-state index contributed by atoms with van der Waals surface area (Å²) >= 11 is 0. The highest BCUT2D eigenvalue weighted by Crippen LogP contribution is 2.41. The van der Waals surface area contributed by atoms with Gasteiger partial charge in [0.15, 0.2) is 5.76 Å². The first-order valence-corrected chi connectivity index (χ1v) is 4.04. The zero-order valence-electron chi connectivity index (χ0n) is 7.93. The number of Topliss-reactive ketones (excluding diaryl/α,β-unsaturated/α-hetero) is 1. The van der Waals surface area contributed by atoms with E-state index >= 15 is 0 Å². The Kier molecular flexibility index (Phi) is 1.90. The molecule has 1 aliphatic carbocycles. The molecular formula is C9H13BO2. The third-order valence-electron chi connectivity index (χ3n) is 2.71. The number of rotatable bonds is 0. The topological polar surface area (TPSA) is 37.3 Å². The lowest BCUT2D eigenvalue weighted by Gasteiger charge is -2.20. The van der Waals surface area contributed by atoms with E-state index in [2.05, 4.69) is 0 Å². The van der Waals surface area contributed by atoms with Gasteiger partial charge in [-0.25, -0.2) is 0 Å². The molecule has 0 spiro atoms. The fraction of sp³-hybridized carbons (Fsp3) is 0.444. The van der Waals surface area contributed by atoms with Crippen LogP contribution in [0.25, 0.3) is 0 Å². The monoisotopic (exact) mass is 164 g/mol. The van der Waals surface area contributed by atoms with E-state index in [1.54, 1.807) is 13.9 Å². The third-order valence-corrected chi connectivity index (χ3v) is 2.71. The molecule has 1 N–H and O–H groups in total. The Morgan fingerprint density at radius 2 is 2.00 bits per heavy atom. The molecule has 0 atom stereocenters. The van der Waals surface area contributed by atoms with E-state index in [1.807, 2.05) is 20.8 Å². The normalized spacial score (nSPS) is 25.6. The van der Waals surface area contributed by atoms with E-state index < -0.39 is 0 Å². The van der Waals surface area contributed by atoms with E-state index in [0.717, 1.165) is 5.47 Å². The summed E-state index contributed by atoms with van der Waals surface area (Å²) in [4.78, 5) is 11.4. The van der Waals surface area contributed by atoms with Gasteiger partial charge in [-0.2, -0.15) is 0 Å². The van der Waals surface area contributed by atoms with Crippen molar-refractivity contribution in [1.82, 2.24) is 0 Å². The minimum absolute atomic E-state index is 0.0758. The molecule has 0 aromatic rings. The van der Waals surface area contributed by atoms with Gasteiger partial charge in [0, 0.05) is 11.0 Å². The van der Waals surface area contributed by atoms with Crippen LogP contribution in [-0.2, 0) is 4.79 Å². The van der Waals surface area contributed by atoms with Crippen LogP contribution in [-0.4, -0.2) is 18.7 Å².